The van der Waals surface area contributed by atoms with Crippen molar-refractivity contribution in [2.75, 3.05) is 19.6 Å². The van der Waals surface area contributed by atoms with Crippen LogP contribution in [-0.4, -0.2) is 47.7 Å². The highest BCUT2D eigenvalue weighted by atomic mass is 16.3. The van der Waals surface area contributed by atoms with Gasteiger partial charge in [0.15, 0.2) is 0 Å². The zero-order valence-corrected chi connectivity index (χ0v) is 9.11. The van der Waals surface area contributed by atoms with Crippen LogP contribution in [0.3, 0.4) is 0 Å². The molecule has 86 valence electrons. The van der Waals surface area contributed by atoms with Crippen molar-refractivity contribution < 1.29 is 9.90 Å². The Bertz CT molecular complexity index is 225. The van der Waals surface area contributed by atoms with E-state index in [1.54, 1.807) is 0 Å². The monoisotopic (exact) mass is 212 g/mol. The molecule has 4 heteroatoms. The minimum atomic E-state index is -0.124. The Hall–Kier alpha value is -0.610. The minimum Gasteiger partial charge on any atom is -0.393 e. The van der Waals surface area contributed by atoms with Gasteiger partial charge in [0.1, 0.15) is 0 Å². The molecule has 15 heavy (non-hydrogen) atoms. The molecule has 2 saturated heterocycles. The summed E-state index contributed by atoms with van der Waals surface area (Å²) in [5, 5.41) is 12.3. The quantitative estimate of drug-likeness (QED) is 0.649. The topological polar surface area (TPSA) is 52.6 Å². The second-order valence-electron chi connectivity index (χ2n) is 4.62. The van der Waals surface area contributed by atoms with Crippen LogP contribution in [0.15, 0.2) is 0 Å². The van der Waals surface area contributed by atoms with E-state index in [0.29, 0.717) is 12.5 Å². The lowest BCUT2D eigenvalue weighted by molar-refractivity contribution is -0.121. The number of hydrogen-bond acceptors (Lipinski definition) is 3. The molecule has 1 atom stereocenters. The molecule has 1 amide bonds. The summed E-state index contributed by atoms with van der Waals surface area (Å²) in [6.07, 6.45) is 4.41. The van der Waals surface area contributed by atoms with Gasteiger partial charge in [0, 0.05) is 32.1 Å². The molecule has 0 aromatic carbocycles. The maximum atomic E-state index is 11.4. The van der Waals surface area contributed by atoms with E-state index in [2.05, 4.69) is 10.2 Å². The van der Waals surface area contributed by atoms with E-state index >= 15 is 0 Å². The number of rotatable bonds is 1. The average molecular weight is 212 g/mol. The normalized spacial score (nSPS) is 31.0. The second-order valence-corrected chi connectivity index (χ2v) is 4.62. The van der Waals surface area contributed by atoms with Crippen LogP contribution >= 0.6 is 0 Å². The number of carbonyl (C=O) groups excluding carboxylic acids is 1. The van der Waals surface area contributed by atoms with Gasteiger partial charge in [-0.1, -0.05) is 0 Å². The van der Waals surface area contributed by atoms with Crippen molar-refractivity contribution in [2.24, 2.45) is 0 Å². The van der Waals surface area contributed by atoms with Gasteiger partial charge in [0.25, 0.3) is 0 Å². The fourth-order valence-corrected chi connectivity index (χ4v) is 2.52. The van der Waals surface area contributed by atoms with Crippen LogP contribution in [0.2, 0.25) is 0 Å². The van der Waals surface area contributed by atoms with E-state index in [-0.39, 0.29) is 12.0 Å². The van der Waals surface area contributed by atoms with Gasteiger partial charge in [-0.3, -0.25) is 9.69 Å². The first-order valence-electron chi connectivity index (χ1n) is 5.94. The lowest BCUT2D eigenvalue weighted by Gasteiger charge is -2.35. The predicted octanol–water partition coefficient (Wildman–Crippen LogP) is 0.112. The molecule has 2 heterocycles. The molecular weight excluding hydrogens is 192 g/mol. The van der Waals surface area contributed by atoms with Crippen LogP contribution in [0.5, 0.6) is 0 Å². The van der Waals surface area contributed by atoms with Crippen LogP contribution in [0.1, 0.15) is 32.1 Å². The number of nitrogens with zero attached hydrogens (tertiary/aromatic N) is 1. The second kappa shape index (κ2) is 4.94. The number of hydrogen-bond donors (Lipinski definition) is 2. The number of amides is 1. The molecular formula is C11H20N2O2. The first-order valence-corrected chi connectivity index (χ1v) is 5.94. The van der Waals surface area contributed by atoms with Gasteiger partial charge >= 0.3 is 0 Å². The summed E-state index contributed by atoms with van der Waals surface area (Å²) in [6, 6.07) is 0.403. The lowest BCUT2D eigenvalue weighted by Crippen LogP contribution is -2.43. The molecule has 2 aliphatic rings. The van der Waals surface area contributed by atoms with Crippen molar-refractivity contribution in [3.63, 3.8) is 0 Å². The van der Waals surface area contributed by atoms with Crippen molar-refractivity contribution >= 4 is 5.91 Å². The van der Waals surface area contributed by atoms with E-state index in [1.165, 1.54) is 0 Å². The molecule has 0 spiro atoms. The van der Waals surface area contributed by atoms with Gasteiger partial charge in [0.05, 0.1) is 6.10 Å². The molecule has 2 N–H and O–H groups in total. The minimum absolute atomic E-state index is 0.124. The highest BCUT2D eigenvalue weighted by molar-refractivity contribution is 5.76. The molecule has 1 unspecified atom stereocenters. The van der Waals surface area contributed by atoms with Gasteiger partial charge in [-0.05, 0) is 25.7 Å². The van der Waals surface area contributed by atoms with E-state index in [1.807, 2.05) is 0 Å². The third-order valence-corrected chi connectivity index (χ3v) is 3.47. The van der Waals surface area contributed by atoms with E-state index in [0.717, 1.165) is 45.3 Å². The summed E-state index contributed by atoms with van der Waals surface area (Å²) < 4.78 is 0. The van der Waals surface area contributed by atoms with Gasteiger partial charge < -0.3 is 10.4 Å². The van der Waals surface area contributed by atoms with E-state index in [4.69, 9.17) is 0 Å². The summed E-state index contributed by atoms with van der Waals surface area (Å²) in [4.78, 5) is 13.8. The molecule has 4 nitrogen and oxygen atoms in total. The maximum absolute atomic E-state index is 11.4. The number of piperidine rings is 1. The number of likely N-dealkylation sites (tertiary alicyclic amines) is 1. The Kier molecular flexibility index (Phi) is 3.59. The standard InChI is InChI=1S/C11H20N2O2/c14-10-3-6-13(7-4-10)9-2-1-5-12-11(15)8-9/h9-10,14H,1-8H2,(H,12,15). The average Bonchev–Trinajstić information content (AvgIpc) is 2.44. The maximum Gasteiger partial charge on any atom is 0.221 e. The highest BCUT2D eigenvalue weighted by Crippen LogP contribution is 2.19. The zero-order chi connectivity index (χ0) is 10.7. The van der Waals surface area contributed by atoms with Crippen LogP contribution < -0.4 is 5.32 Å². The SMILES string of the molecule is O=C1CC(N2CCC(O)CC2)CCCN1. The van der Waals surface area contributed by atoms with Gasteiger partial charge in [-0.25, -0.2) is 0 Å². The zero-order valence-electron chi connectivity index (χ0n) is 9.11. The largest absolute Gasteiger partial charge is 0.393 e. The van der Waals surface area contributed by atoms with Crippen molar-refractivity contribution in [2.45, 2.75) is 44.2 Å². The molecule has 0 bridgehead atoms. The van der Waals surface area contributed by atoms with Crippen LogP contribution in [0.4, 0.5) is 0 Å². The third-order valence-electron chi connectivity index (χ3n) is 3.47. The Morgan fingerprint density at radius 2 is 2.00 bits per heavy atom. The summed E-state index contributed by atoms with van der Waals surface area (Å²) in [5.41, 5.74) is 0. The number of nitrogens with one attached hydrogen (secondary N) is 1. The van der Waals surface area contributed by atoms with E-state index in [9.17, 15) is 9.90 Å². The summed E-state index contributed by atoms with van der Waals surface area (Å²) in [5.74, 6) is 0.184. The van der Waals surface area contributed by atoms with Crippen molar-refractivity contribution in [1.82, 2.24) is 10.2 Å². The Morgan fingerprint density at radius 3 is 2.73 bits per heavy atom. The lowest BCUT2D eigenvalue weighted by atomic mass is 10.0. The van der Waals surface area contributed by atoms with Gasteiger partial charge in [-0.15, -0.1) is 0 Å². The summed E-state index contributed by atoms with van der Waals surface area (Å²) in [7, 11) is 0. The molecule has 0 aromatic rings. The molecule has 0 saturated carbocycles. The van der Waals surface area contributed by atoms with Crippen LogP contribution in [-0.2, 0) is 4.79 Å². The Balaban J connectivity index is 1.88. The van der Waals surface area contributed by atoms with Crippen molar-refractivity contribution in [3.05, 3.63) is 0 Å². The van der Waals surface area contributed by atoms with Crippen LogP contribution in [0, 0.1) is 0 Å². The summed E-state index contributed by atoms with van der Waals surface area (Å²) in [6.45, 7) is 2.71. The Morgan fingerprint density at radius 1 is 1.27 bits per heavy atom. The van der Waals surface area contributed by atoms with Crippen LogP contribution in [0.25, 0.3) is 0 Å². The van der Waals surface area contributed by atoms with Crippen molar-refractivity contribution in [1.29, 1.82) is 0 Å². The Labute approximate surface area is 90.6 Å². The smallest absolute Gasteiger partial charge is 0.221 e. The molecule has 0 radical (unpaired) electrons. The first-order chi connectivity index (χ1) is 7.25. The van der Waals surface area contributed by atoms with Gasteiger partial charge in [0.2, 0.25) is 5.91 Å². The number of carbonyl (C=O) groups is 1. The first kappa shape index (κ1) is 10.9. The molecule has 2 rings (SSSR count). The highest BCUT2D eigenvalue weighted by Gasteiger charge is 2.26. The molecule has 0 aliphatic carbocycles. The number of aliphatic hydroxyl groups excluding tert-OH is 1. The molecule has 2 aliphatic heterocycles. The number of aliphatic hydroxyl groups is 1. The molecule has 2 fully saturated rings. The fraction of sp³-hybridized carbons (Fsp3) is 0.909. The van der Waals surface area contributed by atoms with Gasteiger partial charge in [-0.2, -0.15) is 0 Å². The molecule has 0 aromatic heterocycles. The van der Waals surface area contributed by atoms with E-state index < -0.39 is 0 Å². The fourth-order valence-electron chi connectivity index (χ4n) is 2.52. The summed E-state index contributed by atoms with van der Waals surface area (Å²) >= 11 is 0. The van der Waals surface area contributed by atoms with Crippen molar-refractivity contribution in [3.8, 4) is 0 Å². The third kappa shape index (κ3) is 2.92. The predicted molar refractivity (Wildman–Crippen MR) is 57.5 cm³/mol.